The van der Waals surface area contributed by atoms with Gasteiger partial charge in [0.05, 0.1) is 0 Å². The van der Waals surface area contributed by atoms with Crippen molar-refractivity contribution in [3.8, 4) is 0 Å². The molecule has 0 radical (unpaired) electrons. The summed E-state index contributed by atoms with van der Waals surface area (Å²) in [6, 6.07) is 0. The lowest BCUT2D eigenvalue weighted by atomic mass is 10.0. The zero-order chi connectivity index (χ0) is 24.1. The van der Waals surface area contributed by atoms with Gasteiger partial charge in [-0.3, -0.25) is 4.79 Å². The van der Waals surface area contributed by atoms with Crippen molar-refractivity contribution in [1.82, 2.24) is 21.3 Å². The maximum atomic E-state index is 10.4. The number of nitrogens with one attached hydrogen (secondary N) is 4. The van der Waals surface area contributed by atoms with Gasteiger partial charge in [0.15, 0.2) is 0 Å². The Morgan fingerprint density at radius 2 is 0.758 bits per heavy atom. The van der Waals surface area contributed by atoms with Gasteiger partial charge in [-0.1, -0.05) is 83.5 Å². The number of hydrogen-bond acceptors (Lipinski definition) is 6. The van der Waals surface area contributed by atoms with E-state index < -0.39 is 5.97 Å². The molecule has 0 aromatic heterocycles. The lowest BCUT2D eigenvalue weighted by Gasteiger charge is -2.08. The van der Waals surface area contributed by atoms with E-state index in [2.05, 4.69) is 21.3 Å². The van der Waals surface area contributed by atoms with Gasteiger partial charge in [-0.2, -0.15) is 0 Å². The maximum absolute atomic E-state index is 10.4. The van der Waals surface area contributed by atoms with Gasteiger partial charge in [-0.05, 0) is 19.4 Å². The fraction of sp³-hybridized carbons (Fsp3) is 0.962. The second kappa shape index (κ2) is 29.3. The standard InChI is InChI=1S/C26H57N5O2/c27-17-19-29-21-23-31-25-24-30-22-20-28-18-15-13-11-9-7-5-3-1-2-4-6-8-10-12-14-16-26(32)33/h28-31H,1-25,27H2,(H,32,33). The van der Waals surface area contributed by atoms with Crippen molar-refractivity contribution in [2.75, 3.05) is 58.9 Å². The molecule has 7 nitrogen and oxygen atoms in total. The highest BCUT2D eigenvalue weighted by molar-refractivity contribution is 5.66. The highest BCUT2D eigenvalue weighted by Crippen LogP contribution is 2.13. The number of nitrogens with two attached hydrogens (primary N) is 1. The lowest BCUT2D eigenvalue weighted by Crippen LogP contribution is -2.36. The molecule has 0 aliphatic rings. The minimum atomic E-state index is -0.658. The first kappa shape index (κ1) is 32.3. The molecule has 33 heavy (non-hydrogen) atoms. The third-order valence-electron chi connectivity index (χ3n) is 6.00. The third-order valence-corrected chi connectivity index (χ3v) is 6.00. The van der Waals surface area contributed by atoms with Gasteiger partial charge in [0.2, 0.25) is 0 Å². The van der Waals surface area contributed by atoms with Crippen LogP contribution in [0.1, 0.15) is 103 Å². The molecule has 0 rings (SSSR count). The van der Waals surface area contributed by atoms with Crippen molar-refractivity contribution in [3.05, 3.63) is 0 Å². The molecule has 0 unspecified atom stereocenters. The number of unbranched alkanes of at least 4 members (excludes halogenated alkanes) is 14. The smallest absolute Gasteiger partial charge is 0.303 e. The molecule has 0 aromatic rings. The van der Waals surface area contributed by atoms with Gasteiger partial charge in [0.1, 0.15) is 0 Å². The van der Waals surface area contributed by atoms with Crippen molar-refractivity contribution in [2.45, 2.75) is 103 Å². The topological polar surface area (TPSA) is 111 Å². The average Bonchev–Trinajstić information content (AvgIpc) is 2.80. The van der Waals surface area contributed by atoms with Crippen LogP contribution in [0.2, 0.25) is 0 Å². The highest BCUT2D eigenvalue weighted by Gasteiger charge is 1.97. The predicted octanol–water partition coefficient (Wildman–Crippen LogP) is 3.63. The van der Waals surface area contributed by atoms with Crippen molar-refractivity contribution >= 4 is 5.97 Å². The van der Waals surface area contributed by atoms with E-state index in [-0.39, 0.29) is 0 Å². The SMILES string of the molecule is NCCNCCNCCNCCNCCCCCCCCCCCCCCCCCC(=O)O. The monoisotopic (exact) mass is 471 g/mol. The van der Waals surface area contributed by atoms with Crippen LogP contribution < -0.4 is 27.0 Å². The zero-order valence-electron chi connectivity index (χ0n) is 21.6. The molecule has 7 heteroatoms. The third kappa shape index (κ3) is 31.3. The Kier molecular flexibility index (Phi) is 28.7. The van der Waals surface area contributed by atoms with E-state index in [0.717, 1.165) is 65.2 Å². The van der Waals surface area contributed by atoms with Gasteiger partial charge >= 0.3 is 5.97 Å². The van der Waals surface area contributed by atoms with Crippen molar-refractivity contribution < 1.29 is 9.90 Å². The molecule has 0 spiro atoms. The van der Waals surface area contributed by atoms with E-state index in [1.54, 1.807) is 0 Å². The molecule has 0 fully saturated rings. The van der Waals surface area contributed by atoms with Crippen LogP contribution in [0.3, 0.4) is 0 Å². The Hall–Kier alpha value is -0.730. The Balaban J connectivity index is 3.01. The summed E-state index contributed by atoms with van der Waals surface area (Å²) in [5.41, 5.74) is 5.43. The van der Waals surface area contributed by atoms with E-state index in [1.165, 1.54) is 83.5 Å². The fourth-order valence-corrected chi connectivity index (χ4v) is 3.96. The predicted molar refractivity (Wildman–Crippen MR) is 142 cm³/mol. The molecule has 0 aromatic carbocycles. The minimum Gasteiger partial charge on any atom is -0.481 e. The summed E-state index contributed by atoms with van der Waals surface area (Å²) in [6.07, 6.45) is 19.8. The summed E-state index contributed by atoms with van der Waals surface area (Å²) in [5, 5.41) is 22.3. The molecular weight excluding hydrogens is 414 g/mol. The van der Waals surface area contributed by atoms with E-state index in [4.69, 9.17) is 10.8 Å². The molecule has 0 heterocycles. The van der Waals surface area contributed by atoms with Crippen LogP contribution in [0.5, 0.6) is 0 Å². The highest BCUT2D eigenvalue weighted by atomic mass is 16.4. The fourth-order valence-electron chi connectivity index (χ4n) is 3.96. The van der Waals surface area contributed by atoms with Crippen LogP contribution in [0.4, 0.5) is 0 Å². The Labute approximate surface area is 204 Å². The first-order chi connectivity index (χ1) is 16.3. The Bertz CT molecular complexity index is 386. The van der Waals surface area contributed by atoms with Gasteiger partial charge < -0.3 is 32.1 Å². The van der Waals surface area contributed by atoms with Gasteiger partial charge in [0.25, 0.3) is 0 Å². The minimum absolute atomic E-state index is 0.336. The molecule has 198 valence electrons. The molecule has 0 aliphatic carbocycles. The zero-order valence-corrected chi connectivity index (χ0v) is 21.6. The molecule has 0 aliphatic heterocycles. The van der Waals surface area contributed by atoms with E-state index in [1.807, 2.05) is 0 Å². The summed E-state index contributed by atoms with van der Waals surface area (Å²) in [7, 11) is 0. The lowest BCUT2D eigenvalue weighted by molar-refractivity contribution is -0.137. The summed E-state index contributed by atoms with van der Waals surface area (Å²) in [4.78, 5) is 10.4. The number of hydrogen-bond donors (Lipinski definition) is 6. The number of aliphatic carboxylic acids is 1. The molecule has 0 saturated heterocycles. The van der Waals surface area contributed by atoms with Crippen LogP contribution in [0, 0.1) is 0 Å². The van der Waals surface area contributed by atoms with E-state index >= 15 is 0 Å². The van der Waals surface area contributed by atoms with E-state index in [0.29, 0.717) is 13.0 Å². The Morgan fingerprint density at radius 3 is 1.12 bits per heavy atom. The second-order valence-corrected chi connectivity index (χ2v) is 9.24. The van der Waals surface area contributed by atoms with Gasteiger partial charge in [0, 0.05) is 58.8 Å². The molecule has 7 N–H and O–H groups in total. The summed E-state index contributed by atoms with van der Waals surface area (Å²) >= 11 is 0. The van der Waals surface area contributed by atoms with Crippen LogP contribution in [-0.4, -0.2) is 70.0 Å². The first-order valence-corrected chi connectivity index (χ1v) is 14.0. The van der Waals surface area contributed by atoms with Gasteiger partial charge in [-0.25, -0.2) is 0 Å². The quantitative estimate of drug-likeness (QED) is 0.0924. The van der Waals surface area contributed by atoms with Gasteiger partial charge in [-0.15, -0.1) is 0 Å². The van der Waals surface area contributed by atoms with Crippen LogP contribution in [0.15, 0.2) is 0 Å². The molecule has 0 bridgehead atoms. The van der Waals surface area contributed by atoms with Crippen LogP contribution in [0.25, 0.3) is 0 Å². The van der Waals surface area contributed by atoms with Crippen molar-refractivity contribution in [3.63, 3.8) is 0 Å². The number of rotatable bonds is 29. The summed E-state index contributed by atoms with van der Waals surface area (Å²) < 4.78 is 0. The molecule has 0 atom stereocenters. The summed E-state index contributed by atoms with van der Waals surface area (Å²) in [5.74, 6) is -0.658. The second-order valence-electron chi connectivity index (χ2n) is 9.24. The number of carboxylic acids is 1. The molecule has 0 saturated carbocycles. The van der Waals surface area contributed by atoms with Crippen LogP contribution in [-0.2, 0) is 4.79 Å². The number of carboxylic acid groups (broad SMARTS) is 1. The average molecular weight is 472 g/mol. The maximum Gasteiger partial charge on any atom is 0.303 e. The largest absolute Gasteiger partial charge is 0.481 e. The normalized spacial score (nSPS) is 11.3. The first-order valence-electron chi connectivity index (χ1n) is 14.0. The van der Waals surface area contributed by atoms with Crippen molar-refractivity contribution in [2.24, 2.45) is 5.73 Å². The molecule has 0 amide bonds. The van der Waals surface area contributed by atoms with Crippen LogP contribution >= 0.6 is 0 Å². The molecular formula is C26H57N5O2. The van der Waals surface area contributed by atoms with E-state index in [9.17, 15) is 4.79 Å². The number of carbonyl (C=O) groups is 1. The Morgan fingerprint density at radius 1 is 0.455 bits per heavy atom. The summed E-state index contributed by atoms with van der Waals surface area (Å²) in [6.45, 7) is 8.87. The van der Waals surface area contributed by atoms with Crippen molar-refractivity contribution in [1.29, 1.82) is 0 Å².